The monoisotopic (exact) mass is 295 g/mol. The quantitative estimate of drug-likeness (QED) is 0.748. The maximum atomic E-state index is 10.4. The Bertz CT molecular complexity index is 450. The summed E-state index contributed by atoms with van der Waals surface area (Å²) in [7, 11) is 1.58. The summed E-state index contributed by atoms with van der Waals surface area (Å²) in [5, 5.41) is 14.4. The average Bonchev–Trinajstić information content (AvgIpc) is 2.54. The highest BCUT2D eigenvalue weighted by molar-refractivity contribution is 5.39. The molecule has 0 bridgehead atoms. The minimum Gasteiger partial charge on any atom is -0.493 e. The largest absolute Gasteiger partial charge is 0.493 e. The van der Waals surface area contributed by atoms with Crippen molar-refractivity contribution in [2.24, 2.45) is 5.29 Å². The van der Waals surface area contributed by atoms with Gasteiger partial charge in [0.2, 0.25) is 0 Å². The Balaban J connectivity index is 1.75. The van der Waals surface area contributed by atoms with Gasteiger partial charge in [-0.25, -0.2) is 0 Å². The van der Waals surface area contributed by atoms with Crippen LogP contribution in [0.1, 0.15) is 0 Å². The summed E-state index contributed by atoms with van der Waals surface area (Å²) in [6.45, 7) is 3.36. The van der Waals surface area contributed by atoms with Crippen molar-refractivity contribution in [3.05, 3.63) is 29.2 Å². The fourth-order valence-electron chi connectivity index (χ4n) is 2.28. The van der Waals surface area contributed by atoms with E-state index in [2.05, 4.69) is 10.2 Å². The van der Waals surface area contributed by atoms with Crippen LogP contribution in [0, 0.1) is 4.91 Å². The number of para-hydroxylation sites is 2. The number of aliphatic hydroxyl groups excluding tert-OH is 1. The number of benzene rings is 1. The molecule has 116 valence electrons. The molecule has 1 fully saturated rings. The second-order valence-electron chi connectivity index (χ2n) is 4.95. The van der Waals surface area contributed by atoms with Crippen LogP contribution in [0.15, 0.2) is 29.6 Å². The highest BCUT2D eigenvalue weighted by Gasteiger charge is 2.19. The van der Waals surface area contributed by atoms with Crippen LogP contribution in [0.5, 0.6) is 11.5 Å². The Hall–Kier alpha value is -1.86. The molecule has 1 N–H and O–H groups in total. The molecule has 1 aromatic carbocycles. The van der Waals surface area contributed by atoms with Crippen molar-refractivity contribution < 1.29 is 14.6 Å². The van der Waals surface area contributed by atoms with Crippen LogP contribution in [0.25, 0.3) is 0 Å². The van der Waals surface area contributed by atoms with Crippen LogP contribution >= 0.6 is 0 Å². The topological polar surface area (TPSA) is 74.6 Å². The van der Waals surface area contributed by atoms with E-state index in [0.717, 1.165) is 13.1 Å². The van der Waals surface area contributed by atoms with Crippen LogP contribution in [0.2, 0.25) is 0 Å². The van der Waals surface area contributed by atoms with E-state index in [1.165, 1.54) is 5.01 Å². The van der Waals surface area contributed by atoms with Gasteiger partial charge in [0.1, 0.15) is 12.7 Å². The van der Waals surface area contributed by atoms with Gasteiger partial charge in [-0.1, -0.05) is 12.1 Å². The fourth-order valence-corrected chi connectivity index (χ4v) is 2.28. The second-order valence-corrected chi connectivity index (χ2v) is 4.95. The number of nitrogens with zero attached hydrogens (tertiary/aromatic N) is 3. The SMILES string of the molecule is COc1ccccc1OCC(O)CN1CCN(N=O)CC1. The Morgan fingerprint density at radius 2 is 1.90 bits per heavy atom. The van der Waals surface area contributed by atoms with E-state index in [4.69, 9.17) is 9.47 Å². The van der Waals surface area contributed by atoms with Crippen molar-refractivity contribution in [2.45, 2.75) is 6.10 Å². The van der Waals surface area contributed by atoms with E-state index < -0.39 is 6.10 Å². The standard InChI is InChI=1S/C14H21N3O4/c1-20-13-4-2-3-5-14(13)21-11-12(18)10-16-6-8-17(15-19)9-7-16/h2-5,12,18H,6-11H2,1H3. The Labute approximate surface area is 124 Å². The van der Waals surface area contributed by atoms with Crippen molar-refractivity contribution in [1.29, 1.82) is 0 Å². The third-order valence-corrected chi connectivity index (χ3v) is 3.43. The van der Waals surface area contributed by atoms with Gasteiger partial charge < -0.3 is 14.6 Å². The van der Waals surface area contributed by atoms with Crippen LogP contribution in [0.3, 0.4) is 0 Å². The molecule has 0 aromatic heterocycles. The van der Waals surface area contributed by atoms with Gasteiger partial charge in [0.25, 0.3) is 0 Å². The van der Waals surface area contributed by atoms with Gasteiger partial charge in [-0.15, -0.1) is 4.91 Å². The number of methoxy groups -OCH3 is 1. The Kier molecular flexibility index (Phi) is 5.77. The number of hydrogen-bond acceptors (Lipinski definition) is 6. The smallest absolute Gasteiger partial charge is 0.161 e. The van der Waals surface area contributed by atoms with Crippen molar-refractivity contribution >= 4 is 0 Å². The molecular weight excluding hydrogens is 274 g/mol. The summed E-state index contributed by atoms with van der Waals surface area (Å²) < 4.78 is 10.8. The zero-order valence-electron chi connectivity index (χ0n) is 12.1. The molecule has 0 saturated carbocycles. The van der Waals surface area contributed by atoms with E-state index in [1.54, 1.807) is 13.2 Å². The maximum Gasteiger partial charge on any atom is 0.161 e. The first-order chi connectivity index (χ1) is 10.2. The highest BCUT2D eigenvalue weighted by Crippen LogP contribution is 2.25. The second kappa shape index (κ2) is 7.80. The molecule has 0 spiro atoms. The summed E-state index contributed by atoms with van der Waals surface area (Å²) >= 11 is 0. The first kappa shape index (κ1) is 15.5. The number of aliphatic hydroxyl groups is 1. The summed E-state index contributed by atoms with van der Waals surface area (Å²) in [5.74, 6) is 1.27. The molecule has 7 nitrogen and oxygen atoms in total. The van der Waals surface area contributed by atoms with E-state index >= 15 is 0 Å². The third kappa shape index (κ3) is 4.57. The third-order valence-electron chi connectivity index (χ3n) is 3.43. The maximum absolute atomic E-state index is 10.4. The first-order valence-corrected chi connectivity index (χ1v) is 6.97. The molecule has 7 heteroatoms. The molecule has 1 aromatic rings. The number of piperazine rings is 1. The lowest BCUT2D eigenvalue weighted by Gasteiger charge is -2.32. The minimum atomic E-state index is -0.592. The van der Waals surface area contributed by atoms with Crippen LogP contribution in [-0.2, 0) is 0 Å². The fraction of sp³-hybridized carbons (Fsp3) is 0.571. The molecule has 0 aliphatic carbocycles. The van der Waals surface area contributed by atoms with Gasteiger partial charge in [0.05, 0.1) is 25.5 Å². The zero-order valence-corrected chi connectivity index (χ0v) is 12.1. The summed E-state index contributed by atoms with van der Waals surface area (Å²) in [4.78, 5) is 12.5. The summed E-state index contributed by atoms with van der Waals surface area (Å²) in [6.07, 6.45) is -0.592. The highest BCUT2D eigenvalue weighted by atomic mass is 16.5. The van der Waals surface area contributed by atoms with Gasteiger partial charge in [-0.05, 0) is 12.1 Å². The lowest BCUT2D eigenvalue weighted by Crippen LogP contribution is -2.47. The number of hydrogen-bond donors (Lipinski definition) is 1. The number of ether oxygens (including phenoxy) is 2. The summed E-state index contributed by atoms with van der Waals surface area (Å²) in [5.41, 5.74) is 0. The van der Waals surface area contributed by atoms with Gasteiger partial charge in [0, 0.05) is 19.6 Å². The summed E-state index contributed by atoms with van der Waals surface area (Å²) in [6, 6.07) is 7.34. The lowest BCUT2D eigenvalue weighted by atomic mass is 10.3. The molecule has 1 heterocycles. The van der Waals surface area contributed by atoms with E-state index in [9.17, 15) is 10.0 Å². The van der Waals surface area contributed by atoms with Crippen LogP contribution in [-0.4, -0.2) is 67.6 Å². The van der Waals surface area contributed by atoms with E-state index in [1.807, 2.05) is 18.2 Å². The molecule has 1 aliphatic rings. The molecule has 2 rings (SSSR count). The van der Waals surface area contributed by atoms with E-state index in [0.29, 0.717) is 31.1 Å². The zero-order chi connectivity index (χ0) is 15.1. The predicted octanol–water partition coefficient (Wildman–Crippen LogP) is 0.734. The molecular formula is C14H21N3O4. The number of rotatable bonds is 7. The number of β-amino-alcohol motifs (C(OH)–C–C–N with tert-alkyl or cyclic N) is 1. The van der Waals surface area contributed by atoms with Crippen LogP contribution in [0.4, 0.5) is 0 Å². The average molecular weight is 295 g/mol. The minimum absolute atomic E-state index is 0.201. The molecule has 1 aliphatic heterocycles. The normalized spacial score (nSPS) is 17.3. The lowest BCUT2D eigenvalue weighted by molar-refractivity contribution is 0.0456. The van der Waals surface area contributed by atoms with Gasteiger partial charge >= 0.3 is 0 Å². The van der Waals surface area contributed by atoms with Crippen molar-refractivity contribution in [2.75, 3.05) is 46.4 Å². The molecule has 0 radical (unpaired) electrons. The Morgan fingerprint density at radius 1 is 1.24 bits per heavy atom. The van der Waals surface area contributed by atoms with Crippen LogP contribution < -0.4 is 9.47 Å². The van der Waals surface area contributed by atoms with Crippen molar-refractivity contribution in [3.8, 4) is 11.5 Å². The van der Waals surface area contributed by atoms with Crippen molar-refractivity contribution in [1.82, 2.24) is 9.91 Å². The van der Waals surface area contributed by atoms with Gasteiger partial charge in [-0.3, -0.25) is 9.91 Å². The van der Waals surface area contributed by atoms with Gasteiger partial charge in [-0.2, -0.15) is 0 Å². The molecule has 1 saturated heterocycles. The van der Waals surface area contributed by atoms with Gasteiger partial charge in [0.15, 0.2) is 11.5 Å². The molecule has 0 amide bonds. The van der Waals surface area contributed by atoms with Crippen molar-refractivity contribution in [3.63, 3.8) is 0 Å². The molecule has 21 heavy (non-hydrogen) atoms. The van der Waals surface area contributed by atoms with E-state index in [-0.39, 0.29) is 6.61 Å². The molecule has 1 unspecified atom stereocenters. The Morgan fingerprint density at radius 3 is 2.52 bits per heavy atom. The first-order valence-electron chi connectivity index (χ1n) is 6.97. The molecule has 1 atom stereocenters. The number of nitroso groups, excluding NO2 is 1. The predicted molar refractivity (Wildman–Crippen MR) is 78.3 cm³/mol.